The van der Waals surface area contributed by atoms with E-state index in [9.17, 15) is 24.6 Å². The van der Waals surface area contributed by atoms with Crippen molar-refractivity contribution in [2.75, 3.05) is 71.3 Å². The van der Waals surface area contributed by atoms with Crippen molar-refractivity contribution in [2.45, 2.75) is 38.3 Å². The first kappa shape index (κ1) is 33.8. The Kier molecular flexibility index (Phi) is 14.8. The van der Waals surface area contributed by atoms with Gasteiger partial charge in [-0.05, 0) is 49.1 Å². The number of aromatic nitrogens is 2. The van der Waals surface area contributed by atoms with Gasteiger partial charge in [-0.3, -0.25) is 9.69 Å². The molecule has 14 heteroatoms. The van der Waals surface area contributed by atoms with Crippen LogP contribution in [0.4, 0.5) is 5.82 Å². The average molecular weight is 605 g/mol. The highest BCUT2D eigenvalue weighted by atomic mass is 16.5. The van der Waals surface area contributed by atoms with Crippen molar-refractivity contribution in [3.8, 4) is 0 Å². The number of aryl methyl sites for hydroxylation is 1. The Balaban J connectivity index is 1.53. The minimum absolute atomic E-state index is 0.0314. The van der Waals surface area contributed by atoms with E-state index in [1.165, 1.54) is 12.1 Å². The quantitative estimate of drug-likeness (QED) is 0.325. The number of pyridine rings is 2. The number of carbonyl (C=O) groups is 3. The maximum Gasteiger partial charge on any atom is 0.354 e. The summed E-state index contributed by atoms with van der Waals surface area (Å²) in [6, 6.07) is 7.92. The van der Waals surface area contributed by atoms with Crippen molar-refractivity contribution in [3.05, 3.63) is 53.0 Å². The van der Waals surface area contributed by atoms with Gasteiger partial charge in [-0.25, -0.2) is 19.6 Å². The van der Waals surface area contributed by atoms with Crippen LogP contribution in [0.15, 0.2) is 30.3 Å². The van der Waals surface area contributed by atoms with Crippen molar-refractivity contribution in [1.29, 1.82) is 0 Å². The third-order valence-corrected chi connectivity index (χ3v) is 6.56. The summed E-state index contributed by atoms with van der Waals surface area (Å²) in [4.78, 5) is 44.3. The second kappa shape index (κ2) is 18.8. The summed E-state index contributed by atoms with van der Waals surface area (Å²) in [7, 11) is 0. The normalized spacial score (nSPS) is 17.4. The van der Waals surface area contributed by atoms with Gasteiger partial charge < -0.3 is 39.6 Å². The summed E-state index contributed by atoms with van der Waals surface area (Å²) >= 11 is 0. The highest BCUT2D eigenvalue weighted by molar-refractivity contribution is 5.86. The van der Waals surface area contributed by atoms with Crippen LogP contribution < -0.4 is 5.32 Å². The lowest BCUT2D eigenvalue weighted by Gasteiger charge is -2.23. The van der Waals surface area contributed by atoms with Crippen LogP contribution in [0, 0.1) is 0 Å². The molecule has 3 rings (SSSR count). The van der Waals surface area contributed by atoms with Crippen molar-refractivity contribution in [3.63, 3.8) is 0 Å². The van der Waals surface area contributed by atoms with Crippen LogP contribution in [0.3, 0.4) is 0 Å². The van der Waals surface area contributed by atoms with Crippen LogP contribution in [0.1, 0.15) is 51.5 Å². The van der Waals surface area contributed by atoms with Gasteiger partial charge in [0.05, 0.1) is 45.3 Å². The minimum Gasteiger partial charge on any atom is -0.481 e. The zero-order valence-electron chi connectivity index (χ0n) is 24.1. The van der Waals surface area contributed by atoms with E-state index in [1.807, 2.05) is 4.90 Å². The predicted molar refractivity (Wildman–Crippen MR) is 154 cm³/mol. The molecule has 4 N–H and O–H groups in total. The van der Waals surface area contributed by atoms with Gasteiger partial charge in [-0.2, -0.15) is 0 Å². The molecule has 0 atom stereocenters. The van der Waals surface area contributed by atoms with Crippen LogP contribution >= 0.6 is 0 Å². The fourth-order valence-electron chi connectivity index (χ4n) is 4.35. The number of anilines is 1. The monoisotopic (exact) mass is 604 g/mol. The Morgan fingerprint density at radius 3 is 1.98 bits per heavy atom. The lowest BCUT2D eigenvalue weighted by Crippen LogP contribution is -2.32. The highest BCUT2D eigenvalue weighted by Gasteiger charge is 2.15. The molecule has 0 radical (unpaired) electrons. The molecule has 0 spiro atoms. The summed E-state index contributed by atoms with van der Waals surface area (Å²) in [6.07, 6.45) is 1.42. The van der Waals surface area contributed by atoms with Gasteiger partial charge in [0.2, 0.25) is 0 Å². The van der Waals surface area contributed by atoms with Gasteiger partial charge in [0.1, 0.15) is 11.5 Å². The smallest absolute Gasteiger partial charge is 0.354 e. The summed E-state index contributed by atoms with van der Waals surface area (Å²) in [5, 5.41) is 31.0. The summed E-state index contributed by atoms with van der Waals surface area (Å²) < 4.78 is 23.1. The molecule has 1 saturated heterocycles. The number of nitrogens with one attached hydrogen (secondary N) is 1. The van der Waals surface area contributed by atoms with Crippen LogP contribution in [0.5, 0.6) is 0 Å². The fraction of sp³-hybridized carbons (Fsp3) is 0.552. The molecule has 0 aliphatic carbocycles. The van der Waals surface area contributed by atoms with Crippen molar-refractivity contribution in [2.24, 2.45) is 0 Å². The second-order valence-corrected chi connectivity index (χ2v) is 9.91. The van der Waals surface area contributed by atoms with E-state index in [4.69, 9.17) is 24.1 Å². The molecule has 1 fully saturated rings. The molecule has 1 aliphatic rings. The average Bonchev–Trinajstić information content (AvgIpc) is 2.97. The molecule has 2 aromatic rings. The van der Waals surface area contributed by atoms with E-state index in [1.54, 1.807) is 18.2 Å². The second-order valence-electron chi connectivity index (χ2n) is 9.91. The molecule has 0 bridgehead atoms. The first-order valence-corrected chi connectivity index (χ1v) is 14.3. The van der Waals surface area contributed by atoms with Crippen LogP contribution in [0.25, 0.3) is 0 Å². The molecular formula is C29H40N4O10. The number of rotatable bonds is 9. The molecule has 0 amide bonds. The zero-order chi connectivity index (χ0) is 30.9. The topological polar surface area (TPSA) is 190 Å². The summed E-state index contributed by atoms with van der Waals surface area (Å²) in [5.74, 6) is -2.74. The zero-order valence-corrected chi connectivity index (χ0v) is 24.1. The van der Waals surface area contributed by atoms with E-state index < -0.39 is 17.9 Å². The maximum atomic E-state index is 11.6. The number of ether oxygens (including phenoxy) is 4. The van der Waals surface area contributed by atoms with E-state index in [2.05, 4.69) is 15.3 Å². The molecule has 0 saturated carbocycles. The van der Waals surface area contributed by atoms with Gasteiger partial charge in [0.25, 0.3) is 0 Å². The van der Waals surface area contributed by atoms with Crippen molar-refractivity contribution < 1.29 is 48.7 Å². The lowest BCUT2D eigenvalue weighted by atomic mass is 10.1. The number of carboxylic acid groups (broad SMARTS) is 3. The third-order valence-electron chi connectivity index (χ3n) is 6.56. The Morgan fingerprint density at radius 2 is 1.40 bits per heavy atom. The first-order chi connectivity index (χ1) is 20.8. The van der Waals surface area contributed by atoms with E-state index in [-0.39, 0.29) is 30.3 Å². The lowest BCUT2D eigenvalue weighted by molar-refractivity contribution is -0.136. The molecule has 0 aromatic carbocycles. The first-order valence-electron chi connectivity index (χ1n) is 14.3. The molecule has 2 aromatic heterocycles. The van der Waals surface area contributed by atoms with Gasteiger partial charge in [0.15, 0.2) is 5.69 Å². The summed E-state index contributed by atoms with van der Waals surface area (Å²) in [5.41, 5.74) is 0.984. The largest absolute Gasteiger partial charge is 0.481 e. The summed E-state index contributed by atoms with van der Waals surface area (Å²) in [6.45, 7) is 4.74. The van der Waals surface area contributed by atoms with E-state index in [0.717, 1.165) is 0 Å². The molecule has 0 unspecified atom stereocenters. The van der Waals surface area contributed by atoms with Crippen molar-refractivity contribution in [1.82, 2.24) is 14.9 Å². The molecule has 3 heterocycles. The highest BCUT2D eigenvalue weighted by Crippen LogP contribution is 2.13. The van der Waals surface area contributed by atoms with Crippen LogP contribution in [-0.2, 0) is 36.7 Å². The Morgan fingerprint density at radius 1 is 0.791 bits per heavy atom. The van der Waals surface area contributed by atoms with E-state index in [0.29, 0.717) is 102 Å². The number of aliphatic carboxylic acids is 1. The third kappa shape index (κ3) is 13.4. The number of aromatic carboxylic acids is 2. The number of hydrogen-bond acceptors (Lipinski definition) is 11. The SMILES string of the molecule is O=C(O)CCc1cc(CN2CCOCCOCCC(Nc3cccc(C(=O)O)n3)CCOCCOCC2)nc(C(=O)O)c1. The molecule has 236 valence electrons. The standard InChI is InChI=1S/C29H40N4O10/c34-27(35)5-4-21-18-23(30-25(19-21)29(38)39)20-33-8-12-42-16-14-40-10-6-22(7-11-41-15-17-43-13-9-33)31-26-3-1-2-24(32-26)28(36)37/h1-3,18-19,22H,4-17,20H2,(H,31,32)(H,34,35)(H,36,37)(H,38,39). The van der Waals surface area contributed by atoms with E-state index >= 15 is 0 Å². The van der Waals surface area contributed by atoms with Crippen molar-refractivity contribution >= 4 is 23.7 Å². The van der Waals surface area contributed by atoms with Crippen LogP contribution in [0.2, 0.25) is 0 Å². The Hall–Kier alpha value is -3.69. The van der Waals surface area contributed by atoms with Gasteiger partial charge in [0, 0.05) is 45.3 Å². The molecule has 14 nitrogen and oxygen atoms in total. The van der Waals surface area contributed by atoms with Gasteiger partial charge in [-0.15, -0.1) is 0 Å². The minimum atomic E-state index is -1.17. The molecule has 1 aliphatic heterocycles. The molecule has 43 heavy (non-hydrogen) atoms. The maximum absolute atomic E-state index is 11.6. The van der Waals surface area contributed by atoms with Gasteiger partial charge in [-0.1, -0.05) is 6.07 Å². The number of carboxylic acids is 3. The Labute approximate surface area is 249 Å². The Bertz CT molecular complexity index is 1160. The number of hydrogen-bond donors (Lipinski definition) is 4. The van der Waals surface area contributed by atoms with Crippen LogP contribution in [-0.4, -0.2) is 120 Å². The number of nitrogens with zero attached hydrogens (tertiary/aromatic N) is 3. The fourth-order valence-corrected chi connectivity index (χ4v) is 4.35. The predicted octanol–water partition coefficient (Wildman–Crippen LogP) is 2.03. The molecular weight excluding hydrogens is 564 g/mol. The van der Waals surface area contributed by atoms with Gasteiger partial charge >= 0.3 is 17.9 Å².